The maximum atomic E-state index is 8.50. The molecule has 13 heavy (non-hydrogen) atoms. The number of rotatable bonds is 2. The fourth-order valence-electron chi connectivity index (χ4n) is 1.58. The first-order valence-corrected chi connectivity index (χ1v) is 4.27. The van der Waals surface area contributed by atoms with E-state index in [0.717, 1.165) is 0 Å². The van der Waals surface area contributed by atoms with Crippen LogP contribution in [0.4, 0.5) is 0 Å². The molecule has 1 rings (SSSR count). The van der Waals surface area contributed by atoms with E-state index in [1.165, 1.54) is 0 Å². The molecule has 5 nitrogen and oxygen atoms in total. The number of amidine groups is 1. The first-order valence-electron chi connectivity index (χ1n) is 4.27. The summed E-state index contributed by atoms with van der Waals surface area (Å²) in [5.74, 6) is 0.551. The van der Waals surface area contributed by atoms with Crippen LogP contribution in [0.2, 0.25) is 0 Å². The van der Waals surface area contributed by atoms with Crippen molar-refractivity contribution in [2.45, 2.75) is 26.2 Å². The van der Waals surface area contributed by atoms with Crippen LogP contribution < -0.4 is 5.73 Å². The zero-order chi connectivity index (χ0) is 10.0. The summed E-state index contributed by atoms with van der Waals surface area (Å²) in [5.41, 5.74) is 5.47. The standard InChI is InChI=1S/C8H16N2O3/c1-4-5(2)8(12-3)13-6(4)7(9)10-11/h4-6,8,11H,1-3H3,(H2,9,10)/t4-,5+,6-,8+/m0/s1. The molecule has 1 aliphatic rings. The van der Waals surface area contributed by atoms with E-state index in [2.05, 4.69) is 5.16 Å². The zero-order valence-corrected chi connectivity index (χ0v) is 8.10. The summed E-state index contributed by atoms with van der Waals surface area (Å²) in [4.78, 5) is 0. The summed E-state index contributed by atoms with van der Waals surface area (Å²) in [5, 5.41) is 11.4. The van der Waals surface area contributed by atoms with E-state index < -0.39 is 0 Å². The second-order valence-corrected chi connectivity index (χ2v) is 3.40. The number of oxime groups is 1. The Labute approximate surface area is 77.5 Å². The lowest BCUT2D eigenvalue weighted by Gasteiger charge is -2.13. The first-order chi connectivity index (χ1) is 6.11. The van der Waals surface area contributed by atoms with Crippen molar-refractivity contribution < 1.29 is 14.7 Å². The highest BCUT2D eigenvalue weighted by Gasteiger charge is 2.41. The van der Waals surface area contributed by atoms with Crippen LogP contribution in [0.1, 0.15) is 13.8 Å². The molecular formula is C8H16N2O3. The van der Waals surface area contributed by atoms with Crippen molar-refractivity contribution in [2.75, 3.05) is 7.11 Å². The number of hydrogen-bond acceptors (Lipinski definition) is 4. The molecule has 0 saturated carbocycles. The fourth-order valence-corrected chi connectivity index (χ4v) is 1.58. The van der Waals surface area contributed by atoms with Crippen LogP contribution in [-0.2, 0) is 9.47 Å². The van der Waals surface area contributed by atoms with Gasteiger partial charge in [0.25, 0.3) is 0 Å². The van der Waals surface area contributed by atoms with Gasteiger partial charge in [-0.15, -0.1) is 0 Å². The van der Waals surface area contributed by atoms with Gasteiger partial charge < -0.3 is 20.4 Å². The van der Waals surface area contributed by atoms with E-state index in [0.29, 0.717) is 0 Å². The summed E-state index contributed by atoms with van der Waals surface area (Å²) >= 11 is 0. The van der Waals surface area contributed by atoms with Gasteiger partial charge in [0, 0.05) is 13.0 Å². The molecule has 0 aromatic carbocycles. The molecule has 3 N–H and O–H groups in total. The van der Waals surface area contributed by atoms with Gasteiger partial charge >= 0.3 is 0 Å². The van der Waals surface area contributed by atoms with E-state index in [1.54, 1.807) is 7.11 Å². The Bertz CT molecular complexity index is 208. The monoisotopic (exact) mass is 188 g/mol. The van der Waals surface area contributed by atoms with Crippen molar-refractivity contribution in [3.05, 3.63) is 0 Å². The molecule has 1 saturated heterocycles. The lowest BCUT2D eigenvalue weighted by molar-refractivity contribution is -0.117. The van der Waals surface area contributed by atoms with Gasteiger partial charge in [0.05, 0.1) is 0 Å². The van der Waals surface area contributed by atoms with Crippen molar-refractivity contribution >= 4 is 5.84 Å². The number of nitrogens with two attached hydrogens (primary N) is 1. The molecule has 0 amide bonds. The molecule has 0 spiro atoms. The van der Waals surface area contributed by atoms with Crippen LogP contribution in [0.3, 0.4) is 0 Å². The lowest BCUT2D eigenvalue weighted by atomic mass is 9.93. The minimum Gasteiger partial charge on any atom is -0.409 e. The van der Waals surface area contributed by atoms with Gasteiger partial charge in [-0.1, -0.05) is 19.0 Å². The van der Waals surface area contributed by atoms with Gasteiger partial charge in [0.15, 0.2) is 12.1 Å². The number of hydrogen-bond donors (Lipinski definition) is 2. The molecule has 1 fully saturated rings. The van der Waals surface area contributed by atoms with Crippen molar-refractivity contribution in [3.63, 3.8) is 0 Å². The fraction of sp³-hybridized carbons (Fsp3) is 0.875. The predicted molar refractivity (Wildman–Crippen MR) is 47.4 cm³/mol. The van der Waals surface area contributed by atoms with Crippen LogP contribution >= 0.6 is 0 Å². The van der Waals surface area contributed by atoms with E-state index in [9.17, 15) is 0 Å². The second kappa shape index (κ2) is 3.93. The van der Waals surface area contributed by atoms with Crippen molar-refractivity contribution in [3.8, 4) is 0 Å². The zero-order valence-electron chi connectivity index (χ0n) is 8.10. The van der Waals surface area contributed by atoms with E-state index in [-0.39, 0.29) is 30.1 Å². The van der Waals surface area contributed by atoms with Gasteiger partial charge in [-0.3, -0.25) is 0 Å². The Morgan fingerprint density at radius 1 is 1.46 bits per heavy atom. The van der Waals surface area contributed by atoms with Crippen LogP contribution in [0.25, 0.3) is 0 Å². The highest BCUT2D eigenvalue weighted by Crippen LogP contribution is 2.32. The Morgan fingerprint density at radius 2 is 2.08 bits per heavy atom. The molecule has 76 valence electrons. The highest BCUT2D eigenvalue weighted by molar-refractivity contribution is 5.84. The molecule has 0 bridgehead atoms. The lowest BCUT2D eigenvalue weighted by Crippen LogP contribution is -2.33. The Kier molecular flexibility index (Phi) is 3.11. The average Bonchev–Trinajstić information content (AvgIpc) is 2.43. The number of methoxy groups -OCH3 is 1. The molecule has 5 heteroatoms. The Balaban J connectivity index is 2.71. The van der Waals surface area contributed by atoms with Gasteiger partial charge in [-0.25, -0.2) is 0 Å². The largest absolute Gasteiger partial charge is 0.409 e. The van der Waals surface area contributed by atoms with Crippen LogP contribution in [0.15, 0.2) is 5.16 Å². The minimum absolute atomic E-state index is 0.110. The third-order valence-corrected chi connectivity index (χ3v) is 2.66. The average molecular weight is 188 g/mol. The van der Waals surface area contributed by atoms with E-state index >= 15 is 0 Å². The molecule has 0 aliphatic carbocycles. The smallest absolute Gasteiger partial charge is 0.168 e. The number of ether oxygens (including phenoxy) is 2. The Morgan fingerprint density at radius 3 is 2.46 bits per heavy atom. The quantitative estimate of drug-likeness (QED) is 0.284. The van der Waals surface area contributed by atoms with Crippen molar-refractivity contribution in [1.82, 2.24) is 0 Å². The summed E-state index contributed by atoms with van der Waals surface area (Å²) in [7, 11) is 1.59. The minimum atomic E-state index is -0.343. The van der Waals surface area contributed by atoms with E-state index in [4.69, 9.17) is 20.4 Å². The van der Waals surface area contributed by atoms with Gasteiger partial charge in [0.2, 0.25) is 0 Å². The van der Waals surface area contributed by atoms with E-state index in [1.807, 2.05) is 13.8 Å². The first kappa shape index (κ1) is 10.3. The molecule has 1 aliphatic heterocycles. The summed E-state index contributed by atoms with van der Waals surface area (Å²) in [6.45, 7) is 4.01. The molecule has 1 heterocycles. The predicted octanol–water partition coefficient (Wildman–Crippen LogP) is 0.376. The Hall–Kier alpha value is -0.810. The van der Waals surface area contributed by atoms with Crippen LogP contribution in [0, 0.1) is 11.8 Å². The normalized spacial score (nSPS) is 41.0. The summed E-state index contributed by atoms with van der Waals surface area (Å²) in [6.07, 6.45) is -0.606. The SMILES string of the molecule is CO[C@@H]1O[C@H](/C(N)=N/O)[C@@H](C)[C@H]1C. The van der Waals surface area contributed by atoms with Gasteiger partial charge in [-0.2, -0.15) is 0 Å². The maximum Gasteiger partial charge on any atom is 0.168 e. The second-order valence-electron chi connectivity index (χ2n) is 3.40. The highest BCUT2D eigenvalue weighted by atomic mass is 16.7. The molecule has 0 aromatic rings. The van der Waals surface area contributed by atoms with Crippen LogP contribution in [-0.4, -0.2) is 30.5 Å². The molecule has 4 atom stereocenters. The van der Waals surface area contributed by atoms with Crippen molar-refractivity contribution in [2.24, 2.45) is 22.7 Å². The van der Waals surface area contributed by atoms with Crippen LogP contribution in [0.5, 0.6) is 0 Å². The third kappa shape index (κ3) is 1.76. The van der Waals surface area contributed by atoms with Gasteiger partial charge in [-0.05, 0) is 5.92 Å². The molecule has 0 aromatic heterocycles. The maximum absolute atomic E-state index is 8.50. The molecule has 0 radical (unpaired) electrons. The number of nitrogens with zero attached hydrogens (tertiary/aromatic N) is 1. The third-order valence-electron chi connectivity index (χ3n) is 2.66. The van der Waals surface area contributed by atoms with Crippen molar-refractivity contribution in [1.29, 1.82) is 0 Å². The summed E-state index contributed by atoms with van der Waals surface area (Å²) in [6, 6.07) is 0. The summed E-state index contributed by atoms with van der Waals surface area (Å²) < 4.78 is 10.6. The molecule has 0 unspecified atom stereocenters. The topological polar surface area (TPSA) is 77.1 Å². The van der Waals surface area contributed by atoms with Gasteiger partial charge in [0.1, 0.15) is 6.10 Å². The molecular weight excluding hydrogens is 172 g/mol.